The topological polar surface area (TPSA) is 352 Å². The molecule has 0 bridgehead atoms. The van der Waals surface area contributed by atoms with E-state index >= 15 is 0 Å². The molecule has 52 heavy (non-hydrogen) atoms. The number of aromatic nitrogens is 4. The average molecular weight is 924 g/mol. The Hall–Kier alpha value is -5.72. The minimum absolute atomic E-state index is 0. The van der Waals surface area contributed by atoms with E-state index in [4.69, 9.17) is 30.6 Å². The Morgan fingerprint density at radius 2 is 0.538 bits per heavy atom. The fraction of sp³-hybridized carbons (Fsp3) is 0.143. The smallest absolute Gasteiger partial charge is 0.465 e. The molecule has 0 aliphatic heterocycles. The summed E-state index contributed by atoms with van der Waals surface area (Å²) in [6.07, 6.45) is 12.4. The van der Waals surface area contributed by atoms with Crippen molar-refractivity contribution in [3.05, 3.63) is 151 Å². The van der Waals surface area contributed by atoms with Crippen LogP contribution in [-0.2, 0) is 63.7 Å². The molecule has 0 saturated carbocycles. The zero-order valence-electron chi connectivity index (χ0n) is 27.2. The largest absolute Gasteiger partial charge is 1.00 e. The first-order valence-electron chi connectivity index (χ1n) is 12.4. The first-order valence-corrected chi connectivity index (χ1v) is 12.4. The van der Waals surface area contributed by atoms with Gasteiger partial charge in [0.05, 0.1) is 60.9 Å². The third-order valence-electron chi connectivity index (χ3n) is 4.41. The molecule has 4 heterocycles. The van der Waals surface area contributed by atoms with Gasteiger partial charge in [-0.2, -0.15) is 0 Å². The summed E-state index contributed by atoms with van der Waals surface area (Å²) in [5.74, 6) is -1.32. The summed E-state index contributed by atoms with van der Waals surface area (Å²) in [5, 5.41) is 29.5. The van der Waals surface area contributed by atoms with Crippen molar-refractivity contribution in [2.75, 3.05) is 28.4 Å². The summed E-state index contributed by atoms with van der Waals surface area (Å²) < 4.78 is 17.9. The van der Waals surface area contributed by atoms with Crippen molar-refractivity contribution in [2.45, 2.75) is 0 Å². The predicted molar refractivity (Wildman–Crippen MR) is 170 cm³/mol. The van der Waals surface area contributed by atoms with Gasteiger partial charge in [-0.05, 0) is 48.5 Å². The Kier molecular flexibility index (Phi) is 42.8. The van der Waals surface area contributed by atoms with Crippen LogP contribution in [0.3, 0.4) is 0 Å². The van der Waals surface area contributed by atoms with Gasteiger partial charge in [-0.1, -0.05) is 0 Å². The number of ether oxygens (including phenoxy) is 4. The summed E-state index contributed by atoms with van der Waals surface area (Å²) in [5.41, 5.74) is 2.10. The Morgan fingerprint density at radius 3 is 0.635 bits per heavy atom. The van der Waals surface area contributed by atoms with E-state index in [9.17, 15) is 19.2 Å². The molecule has 0 spiro atoms. The number of hydrogen-bond donors (Lipinski definition) is 0. The summed E-state index contributed by atoms with van der Waals surface area (Å²) in [6.45, 7) is 0. The molecule has 4 aromatic rings. The zero-order valence-corrected chi connectivity index (χ0v) is 30.2. The van der Waals surface area contributed by atoms with Crippen LogP contribution in [0.25, 0.3) is 0 Å². The van der Waals surface area contributed by atoms with Crippen molar-refractivity contribution in [3.63, 3.8) is 0 Å². The van der Waals surface area contributed by atoms with Crippen molar-refractivity contribution >= 4 is 23.9 Å². The van der Waals surface area contributed by atoms with Gasteiger partial charge in [-0.15, -0.1) is 0 Å². The van der Waals surface area contributed by atoms with Crippen LogP contribution in [0.4, 0.5) is 0 Å². The maximum absolute atomic E-state index is 10.8. The molecule has 4 aromatic heterocycles. The fourth-order valence-electron chi connectivity index (χ4n) is 2.42. The van der Waals surface area contributed by atoms with E-state index in [1.165, 1.54) is 28.4 Å². The van der Waals surface area contributed by atoms with Crippen molar-refractivity contribution < 1.29 is 104 Å². The molecule has 0 fully saturated rings. The molecule has 22 nitrogen and oxygen atoms in total. The van der Waals surface area contributed by atoms with E-state index in [0.717, 1.165) is 0 Å². The number of nitrogens with zero attached hydrogens (tertiary/aromatic N) is 6. The van der Waals surface area contributed by atoms with Crippen molar-refractivity contribution in [3.8, 4) is 0 Å². The van der Waals surface area contributed by atoms with Gasteiger partial charge < -0.3 is 60.5 Å². The second-order valence-electron chi connectivity index (χ2n) is 7.36. The Labute approximate surface area is 326 Å². The van der Waals surface area contributed by atoms with Gasteiger partial charge in [0.1, 0.15) is 0 Å². The molecule has 0 amide bonds. The van der Waals surface area contributed by atoms with E-state index in [0.29, 0.717) is 22.3 Å². The number of carbonyl (C=O) groups is 4. The molecule has 24 heteroatoms. The molecule has 4 rings (SSSR count). The number of methoxy groups -OCH3 is 4. The molecule has 0 saturated heterocycles. The van der Waals surface area contributed by atoms with Gasteiger partial charge in [-0.25, -0.2) is 19.2 Å². The van der Waals surface area contributed by atoms with Crippen LogP contribution in [0, 0.1) is 30.6 Å². The molecular weight excluding hydrogens is 892 g/mol. The Morgan fingerprint density at radius 1 is 0.423 bits per heavy atom. The summed E-state index contributed by atoms with van der Waals surface area (Å²) in [7, 11) is 5.40. The van der Waals surface area contributed by atoms with Gasteiger partial charge in [0.15, 0.2) is 0 Å². The third-order valence-corrected chi connectivity index (χ3v) is 4.41. The maximum Gasteiger partial charge on any atom is 1.00 e. The van der Waals surface area contributed by atoms with Crippen LogP contribution in [0.1, 0.15) is 41.4 Å². The molecule has 0 aliphatic carbocycles. The molecule has 0 aliphatic rings. The van der Waals surface area contributed by atoms with Crippen LogP contribution >= 0.6 is 0 Å². The molecule has 4 N–H and O–H groups in total. The number of esters is 4. The first-order chi connectivity index (χ1) is 22.8. The van der Waals surface area contributed by atoms with Crippen LogP contribution in [0.5, 0.6) is 0 Å². The zero-order chi connectivity index (χ0) is 36.7. The number of carbonyl (C=O) groups excluding carboxylic acids is 4. The monoisotopic (exact) mass is 922 g/mol. The Balaban J connectivity index is -0.000000124. The van der Waals surface area contributed by atoms with Crippen molar-refractivity contribution in [1.29, 1.82) is 0 Å². The van der Waals surface area contributed by atoms with Crippen molar-refractivity contribution in [2.24, 2.45) is 0 Å². The number of hydrogen-bond acceptors (Lipinski definition) is 18. The van der Waals surface area contributed by atoms with E-state index in [1.54, 1.807) is 98.1 Å². The summed E-state index contributed by atoms with van der Waals surface area (Å²) in [4.78, 5) is 74.6. The normalized spacial score (nSPS) is 7.77. The second kappa shape index (κ2) is 38.1. The molecule has 0 radical (unpaired) electrons. The van der Waals surface area contributed by atoms with Crippen molar-refractivity contribution in [1.82, 2.24) is 19.9 Å². The SMILES string of the molecule is COC(=O)c1ccncc1.COC(=O)c1ccncc1.COC(=O)c1ccncc1.COC(=O)c1ccncc1.O.O.O=[N+]([O-])[O-].O=[N+]([O-])[O-].[Ag+].[Ag+]. The molecule has 0 atom stereocenters. The first kappa shape index (κ1) is 58.5. The molecule has 0 aromatic carbocycles. The summed E-state index contributed by atoms with van der Waals surface area (Å²) >= 11 is 0. The quantitative estimate of drug-likeness (QED) is 0.0916. The number of pyridine rings is 4. The van der Waals surface area contributed by atoms with Crippen LogP contribution < -0.4 is 0 Å². The summed E-state index contributed by atoms with van der Waals surface area (Å²) in [6, 6.07) is 12.8. The standard InChI is InChI=1S/4C7H7NO2.2Ag.2NO3.2H2O/c4*1-10-7(9)6-2-4-8-5-3-6;;;2*2-1(3)4;;/h4*2-5H,1H3;;;;;2*1H2/q;;;;2*+1;2*-1;;. The second-order valence-corrected chi connectivity index (χ2v) is 7.36. The van der Waals surface area contributed by atoms with E-state index in [-0.39, 0.29) is 79.6 Å². The van der Waals surface area contributed by atoms with Crippen LogP contribution in [0.15, 0.2) is 98.1 Å². The fourth-order valence-corrected chi connectivity index (χ4v) is 2.42. The van der Waals surface area contributed by atoms with Gasteiger partial charge in [0.2, 0.25) is 0 Å². The number of rotatable bonds is 4. The Bertz CT molecular complexity index is 1290. The third kappa shape index (κ3) is 32.8. The van der Waals surface area contributed by atoms with Crippen LogP contribution in [0.2, 0.25) is 0 Å². The van der Waals surface area contributed by atoms with E-state index < -0.39 is 10.2 Å². The minimum atomic E-state index is -1.75. The van der Waals surface area contributed by atoms with Gasteiger partial charge in [0, 0.05) is 49.6 Å². The maximum atomic E-state index is 10.8. The molecular formula is C28H32Ag2N6O16. The van der Waals surface area contributed by atoms with Gasteiger partial charge in [0.25, 0.3) is 0 Å². The van der Waals surface area contributed by atoms with Gasteiger partial charge in [-0.3, -0.25) is 19.9 Å². The average Bonchev–Trinajstić information content (AvgIpc) is 3.12. The van der Waals surface area contributed by atoms with E-state index in [2.05, 4.69) is 38.9 Å². The van der Waals surface area contributed by atoms with E-state index in [1.807, 2.05) is 0 Å². The van der Waals surface area contributed by atoms with Gasteiger partial charge >= 0.3 is 68.6 Å². The molecule has 0 unspecified atom stereocenters. The minimum Gasteiger partial charge on any atom is -0.465 e. The predicted octanol–water partition coefficient (Wildman–Crippen LogP) is 1.34. The van der Waals surface area contributed by atoms with Crippen LogP contribution in [-0.4, -0.2) is 93.4 Å². The molecule has 292 valence electrons.